The Morgan fingerprint density at radius 3 is 2.12 bits per heavy atom. The van der Waals surface area contributed by atoms with Crippen molar-refractivity contribution in [3.63, 3.8) is 0 Å². The second-order valence-corrected chi connectivity index (χ2v) is 5.77. The molecular weight excluding hydrogens is 332 g/mol. The highest BCUT2D eigenvalue weighted by atomic mass is 16.5. The molecule has 6 heteroatoms. The molecule has 0 saturated carbocycles. The topological polar surface area (TPSA) is 78.9 Å². The SMILES string of the molecule is CCN(CC)C(CC(=O)Nc1ccc(Oc2ccccc2)cc1)C(=O)O. The molecule has 1 atom stereocenters. The minimum atomic E-state index is -0.990. The second kappa shape index (κ2) is 9.58. The summed E-state index contributed by atoms with van der Waals surface area (Å²) in [4.78, 5) is 25.4. The van der Waals surface area contributed by atoms with E-state index in [1.54, 1.807) is 29.2 Å². The first kappa shape index (κ1) is 19.5. The lowest BCUT2D eigenvalue weighted by Crippen LogP contribution is -2.43. The standard InChI is InChI=1S/C20H24N2O4/c1-3-22(4-2)18(20(24)25)14-19(23)21-15-10-12-17(13-11-15)26-16-8-6-5-7-9-16/h5-13,18H,3-4,14H2,1-2H3,(H,21,23)(H,24,25). The highest BCUT2D eigenvalue weighted by Gasteiger charge is 2.26. The zero-order valence-electron chi connectivity index (χ0n) is 15.0. The van der Waals surface area contributed by atoms with Crippen LogP contribution in [0.4, 0.5) is 5.69 Å². The van der Waals surface area contributed by atoms with Crippen molar-refractivity contribution in [2.75, 3.05) is 18.4 Å². The van der Waals surface area contributed by atoms with Gasteiger partial charge in [0.25, 0.3) is 0 Å². The lowest BCUT2D eigenvalue weighted by molar-refractivity contribution is -0.145. The Balaban J connectivity index is 1.95. The number of hydrogen-bond donors (Lipinski definition) is 2. The van der Waals surface area contributed by atoms with Crippen LogP contribution in [0.1, 0.15) is 20.3 Å². The molecule has 0 radical (unpaired) electrons. The van der Waals surface area contributed by atoms with E-state index < -0.39 is 12.0 Å². The van der Waals surface area contributed by atoms with E-state index in [0.29, 0.717) is 24.5 Å². The quantitative estimate of drug-likeness (QED) is 0.718. The van der Waals surface area contributed by atoms with Crippen LogP contribution in [0.2, 0.25) is 0 Å². The summed E-state index contributed by atoms with van der Waals surface area (Å²) in [5.41, 5.74) is 0.596. The summed E-state index contributed by atoms with van der Waals surface area (Å²) in [5.74, 6) is 0.0602. The number of para-hydroxylation sites is 1. The molecule has 0 bridgehead atoms. The Morgan fingerprint density at radius 2 is 1.58 bits per heavy atom. The fraction of sp³-hybridized carbons (Fsp3) is 0.300. The summed E-state index contributed by atoms with van der Waals surface area (Å²) in [6, 6.07) is 15.5. The number of likely N-dealkylation sites (N-methyl/N-ethyl adjacent to an activating group) is 1. The van der Waals surface area contributed by atoms with Crippen LogP contribution in [0.25, 0.3) is 0 Å². The minimum Gasteiger partial charge on any atom is -0.480 e. The molecule has 2 N–H and O–H groups in total. The first-order valence-electron chi connectivity index (χ1n) is 8.63. The molecule has 0 aliphatic rings. The molecule has 0 saturated heterocycles. The average molecular weight is 356 g/mol. The molecule has 2 aromatic rings. The molecule has 0 aromatic heterocycles. The maximum Gasteiger partial charge on any atom is 0.321 e. The smallest absolute Gasteiger partial charge is 0.321 e. The van der Waals surface area contributed by atoms with Crippen LogP contribution < -0.4 is 10.1 Å². The summed E-state index contributed by atoms with van der Waals surface area (Å²) < 4.78 is 5.70. The van der Waals surface area contributed by atoms with Gasteiger partial charge in [0.15, 0.2) is 0 Å². The third kappa shape index (κ3) is 5.60. The van der Waals surface area contributed by atoms with Crippen molar-refractivity contribution in [3.05, 3.63) is 54.6 Å². The fourth-order valence-electron chi connectivity index (χ4n) is 2.66. The van der Waals surface area contributed by atoms with E-state index in [9.17, 15) is 14.7 Å². The number of ether oxygens (including phenoxy) is 1. The van der Waals surface area contributed by atoms with Crippen LogP contribution >= 0.6 is 0 Å². The maximum absolute atomic E-state index is 12.2. The molecule has 0 aliphatic carbocycles. The van der Waals surface area contributed by atoms with Gasteiger partial charge in [-0.3, -0.25) is 14.5 Å². The maximum atomic E-state index is 12.2. The van der Waals surface area contributed by atoms with E-state index in [1.165, 1.54) is 0 Å². The Kier molecular flexibility index (Phi) is 7.17. The molecular formula is C20H24N2O4. The highest BCUT2D eigenvalue weighted by molar-refractivity contribution is 5.94. The van der Waals surface area contributed by atoms with Crippen molar-refractivity contribution in [1.82, 2.24) is 4.90 Å². The van der Waals surface area contributed by atoms with E-state index in [0.717, 1.165) is 5.75 Å². The lowest BCUT2D eigenvalue weighted by atomic mass is 10.1. The van der Waals surface area contributed by atoms with Gasteiger partial charge in [-0.1, -0.05) is 32.0 Å². The Bertz CT molecular complexity index is 712. The predicted octanol–water partition coefficient (Wildman–Crippen LogP) is 3.60. The summed E-state index contributed by atoms with van der Waals surface area (Å²) in [7, 11) is 0. The number of rotatable bonds is 9. The molecule has 0 aliphatic heterocycles. The van der Waals surface area contributed by atoms with Crippen molar-refractivity contribution in [2.24, 2.45) is 0 Å². The van der Waals surface area contributed by atoms with Crippen LogP contribution in [-0.4, -0.2) is 41.0 Å². The first-order valence-corrected chi connectivity index (χ1v) is 8.63. The predicted molar refractivity (Wildman–Crippen MR) is 101 cm³/mol. The molecule has 0 spiro atoms. The third-order valence-corrected chi connectivity index (χ3v) is 4.03. The van der Waals surface area contributed by atoms with Gasteiger partial charge in [0.1, 0.15) is 17.5 Å². The Labute approximate surface area is 153 Å². The molecule has 0 heterocycles. The van der Waals surface area contributed by atoms with Crippen LogP contribution in [0.5, 0.6) is 11.5 Å². The number of hydrogen-bond acceptors (Lipinski definition) is 4. The molecule has 2 aromatic carbocycles. The van der Waals surface area contributed by atoms with Crippen LogP contribution in [0.3, 0.4) is 0 Å². The molecule has 2 rings (SSSR count). The van der Waals surface area contributed by atoms with Crippen molar-refractivity contribution >= 4 is 17.6 Å². The van der Waals surface area contributed by atoms with Crippen molar-refractivity contribution < 1.29 is 19.4 Å². The number of nitrogens with zero attached hydrogens (tertiary/aromatic N) is 1. The lowest BCUT2D eigenvalue weighted by Gasteiger charge is -2.25. The number of carbonyl (C=O) groups is 2. The number of anilines is 1. The average Bonchev–Trinajstić information content (AvgIpc) is 2.64. The molecule has 1 amide bonds. The van der Waals surface area contributed by atoms with Gasteiger partial charge in [0, 0.05) is 5.69 Å². The van der Waals surface area contributed by atoms with Crippen molar-refractivity contribution in [2.45, 2.75) is 26.3 Å². The van der Waals surface area contributed by atoms with E-state index in [4.69, 9.17) is 4.74 Å². The van der Waals surface area contributed by atoms with E-state index >= 15 is 0 Å². The summed E-state index contributed by atoms with van der Waals surface area (Å²) in [6.45, 7) is 4.91. The number of amides is 1. The number of carboxylic acids is 1. The molecule has 6 nitrogen and oxygen atoms in total. The van der Waals surface area contributed by atoms with E-state index in [2.05, 4.69) is 5.32 Å². The molecule has 138 valence electrons. The zero-order valence-corrected chi connectivity index (χ0v) is 15.0. The summed E-state index contributed by atoms with van der Waals surface area (Å²) in [6.07, 6.45) is -0.0979. The highest BCUT2D eigenvalue weighted by Crippen LogP contribution is 2.22. The van der Waals surface area contributed by atoms with Gasteiger partial charge in [0.05, 0.1) is 6.42 Å². The minimum absolute atomic E-state index is 0.0979. The van der Waals surface area contributed by atoms with Gasteiger partial charge < -0.3 is 15.2 Å². The number of nitrogens with one attached hydrogen (secondary N) is 1. The Morgan fingerprint density at radius 1 is 1.00 bits per heavy atom. The van der Waals surface area contributed by atoms with Gasteiger partial charge in [0.2, 0.25) is 5.91 Å². The normalized spacial score (nSPS) is 11.8. The zero-order chi connectivity index (χ0) is 18.9. The number of aliphatic carboxylic acids is 1. The second-order valence-electron chi connectivity index (χ2n) is 5.77. The monoisotopic (exact) mass is 356 g/mol. The largest absolute Gasteiger partial charge is 0.480 e. The van der Waals surface area contributed by atoms with Crippen molar-refractivity contribution in [3.8, 4) is 11.5 Å². The fourth-order valence-corrected chi connectivity index (χ4v) is 2.66. The summed E-state index contributed by atoms with van der Waals surface area (Å²) >= 11 is 0. The summed E-state index contributed by atoms with van der Waals surface area (Å²) in [5, 5.41) is 12.1. The van der Waals surface area contributed by atoms with E-state index in [-0.39, 0.29) is 12.3 Å². The molecule has 1 unspecified atom stereocenters. The molecule has 0 fully saturated rings. The van der Waals surface area contributed by atoms with Gasteiger partial charge in [-0.15, -0.1) is 0 Å². The first-order chi connectivity index (χ1) is 12.5. The van der Waals surface area contributed by atoms with Crippen LogP contribution in [0.15, 0.2) is 54.6 Å². The van der Waals surface area contributed by atoms with Gasteiger partial charge in [-0.05, 0) is 49.5 Å². The number of benzene rings is 2. The molecule has 26 heavy (non-hydrogen) atoms. The van der Waals surface area contributed by atoms with Gasteiger partial charge in [-0.2, -0.15) is 0 Å². The van der Waals surface area contributed by atoms with Gasteiger partial charge >= 0.3 is 5.97 Å². The third-order valence-electron chi connectivity index (χ3n) is 4.03. The van der Waals surface area contributed by atoms with Gasteiger partial charge in [-0.25, -0.2) is 0 Å². The van der Waals surface area contributed by atoms with Crippen LogP contribution in [0, 0.1) is 0 Å². The number of carboxylic acid groups (broad SMARTS) is 1. The Hall–Kier alpha value is -2.86. The number of carbonyl (C=O) groups excluding carboxylic acids is 1. The van der Waals surface area contributed by atoms with E-state index in [1.807, 2.05) is 44.2 Å². The van der Waals surface area contributed by atoms with Crippen LogP contribution in [-0.2, 0) is 9.59 Å². The van der Waals surface area contributed by atoms with Crippen molar-refractivity contribution in [1.29, 1.82) is 0 Å².